The molecule has 0 atom stereocenters. The molecule has 104 valence electrons. The molecule has 0 unspecified atom stereocenters. The molecule has 2 rings (SSSR count). The van der Waals surface area contributed by atoms with Gasteiger partial charge in [0.2, 0.25) is 5.91 Å². The van der Waals surface area contributed by atoms with Gasteiger partial charge in [-0.3, -0.25) is 9.59 Å². The first-order chi connectivity index (χ1) is 9.08. The van der Waals surface area contributed by atoms with Crippen molar-refractivity contribution in [2.24, 2.45) is 11.8 Å². The lowest BCUT2D eigenvalue weighted by Gasteiger charge is -2.31. The smallest absolute Gasteiger partial charge is 0.222 e. The van der Waals surface area contributed by atoms with Crippen molar-refractivity contribution in [3.05, 3.63) is 22.4 Å². The van der Waals surface area contributed by atoms with Crippen molar-refractivity contribution in [2.75, 3.05) is 13.1 Å². The molecule has 1 aromatic rings. The summed E-state index contributed by atoms with van der Waals surface area (Å²) in [7, 11) is 0. The maximum absolute atomic E-state index is 12.2. The van der Waals surface area contributed by atoms with Gasteiger partial charge in [0.05, 0.1) is 4.88 Å². The van der Waals surface area contributed by atoms with Gasteiger partial charge < -0.3 is 4.90 Å². The second-order valence-electron chi connectivity index (χ2n) is 5.59. The van der Waals surface area contributed by atoms with E-state index in [1.807, 2.05) is 22.4 Å². The maximum Gasteiger partial charge on any atom is 0.222 e. The molecule has 0 spiro atoms. The van der Waals surface area contributed by atoms with E-state index < -0.39 is 0 Å². The summed E-state index contributed by atoms with van der Waals surface area (Å²) in [6.45, 7) is 5.58. The van der Waals surface area contributed by atoms with Crippen LogP contribution in [0.15, 0.2) is 17.5 Å². The van der Waals surface area contributed by atoms with Crippen LogP contribution in [-0.2, 0) is 4.79 Å². The van der Waals surface area contributed by atoms with E-state index in [9.17, 15) is 9.59 Å². The number of carbonyl (C=O) groups is 2. The van der Waals surface area contributed by atoms with Crippen LogP contribution in [0.5, 0.6) is 0 Å². The maximum atomic E-state index is 12.2. The average Bonchev–Trinajstić information content (AvgIpc) is 2.91. The van der Waals surface area contributed by atoms with Crippen LogP contribution in [0.25, 0.3) is 0 Å². The summed E-state index contributed by atoms with van der Waals surface area (Å²) in [5, 5.41) is 1.94. The number of rotatable bonds is 4. The molecule has 0 radical (unpaired) electrons. The minimum absolute atomic E-state index is 0.0988. The second kappa shape index (κ2) is 6.33. The first-order valence-electron chi connectivity index (χ1n) is 6.93. The zero-order chi connectivity index (χ0) is 13.8. The highest BCUT2D eigenvalue weighted by Crippen LogP contribution is 2.24. The molecule has 0 aliphatic carbocycles. The van der Waals surface area contributed by atoms with E-state index in [-0.39, 0.29) is 17.6 Å². The van der Waals surface area contributed by atoms with Gasteiger partial charge in [0.25, 0.3) is 0 Å². The van der Waals surface area contributed by atoms with Gasteiger partial charge >= 0.3 is 0 Å². The van der Waals surface area contributed by atoms with Crippen LogP contribution in [0, 0.1) is 11.8 Å². The lowest BCUT2D eigenvalue weighted by atomic mass is 9.91. The van der Waals surface area contributed by atoms with Crippen LogP contribution in [0.4, 0.5) is 0 Å². The summed E-state index contributed by atoms with van der Waals surface area (Å²) in [4.78, 5) is 26.9. The van der Waals surface area contributed by atoms with Crippen LogP contribution < -0.4 is 0 Å². The molecular weight excluding hydrogens is 258 g/mol. The summed E-state index contributed by atoms with van der Waals surface area (Å²) >= 11 is 1.51. The van der Waals surface area contributed by atoms with Gasteiger partial charge in [-0.1, -0.05) is 19.9 Å². The van der Waals surface area contributed by atoms with E-state index >= 15 is 0 Å². The van der Waals surface area contributed by atoms with E-state index in [0.717, 1.165) is 30.8 Å². The average molecular weight is 279 g/mol. The van der Waals surface area contributed by atoms with Crippen molar-refractivity contribution in [3.8, 4) is 0 Å². The molecule has 0 saturated carbocycles. The number of piperidine rings is 1. The minimum atomic E-state index is 0.0988. The molecule has 3 nitrogen and oxygen atoms in total. The van der Waals surface area contributed by atoms with Crippen molar-refractivity contribution in [2.45, 2.75) is 33.1 Å². The van der Waals surface area contributed by atoms with E-state index in [0.29, 0.717) is 12.3 Å². The van der Waals surface area contributed by atoms with Gasteiger partial charge in [-0.2, -0.15) is 0 Å². The largest absolute Gasteiger partial charge is 0.343 e. The number of Topliss-reactive ketones (excluding diaryl/α,β-unsaturated/α-hetero) is 1. The number of nitrogens with zero attached hydrogens (tertiary/aromatic N) is 1. The van der Waals surface area contributed by atoms with Crippen molar-refractivity contribution in [1.29, 1.82) is 0 Å². The third-order valence-corrected chi connectivity index (χ3v) is 4.45. The van der Waals surface area contributed by atoms with E-state index in [1.54, 1.807) is 0 Å². The second-order valence-corrected chi connectivity index (χ2v) is 6.54. The fourth-order valence-electron chi connectivity index (χ4n) is 2.49. The number of carbonyl (C=O) groups excluding carboxylic acids is 2. The molecule has 1 fully saturated rings. The minimum Gasteiger partial charge on any atom is -0.343 e. The van der Waals surface area contributed by atoms with Gasteiger partial charge in [0.1, 0.15) is 0 Å². The van der Waals surface area contributed by atoms with E-state index in [4.69, 9.17) is 0 Å². The van der Waals surface area contributed by atoms with Crippen molar-refractivity contribution >= 4 is 23.0 Å². The third-order valence-electron chi connectivity index (χ3n) is 3.57. The molecular formula is C15H21NO2S. The Morgan fingerprint density at radius 2 is 2.05 bits per heavy atom. The van der Waals surface area contributed by atoms with Crippen molar-refractivity contribution in [1.82, 2.24) is 4.90 Å². The van der Waals surface area contributed by atoms with Crippen molar-refractivity contribution < 1.29 is 9.59 Å². The number of hydrogen-bond donors (Lipinski definition) is 0. The number of thiophene rings is 1. The Labute approximate surface area is 118 Å². The normalized spacial score (nSPS) is 16.9. The van der Waals surface area contributed by atoms with E-state index in [2.05, 4.69) is 13.8 Å². The summed E-state index contributed by atoms with van der Waals surface area (Å²) in [6, 6.07) is 3.81. The molecule has 4 heteroatoms. The van der Waals surface area contributed by atoms with Gasteiger partial charge in [0.15, 0.2) is 5.78 Å². The topological polar surface area (TPSA) is 37.4 Å². The summed E-state index contributed by atoms with van der Waals surface area (Å²) in [5.74, 6) is 0.989. The molecule has 1 saturated heterocycles. The predicted octanol–water partition coefficient (Wildman–Crippen LogP) is 3.22. The van der Waals surface area contributed by atoms with Crippen LogP contribution in [0.3, 0.4) is 0 Å². The summed E-state index contributed by atoms with van der Waals surface area (Å²) in [5.41, 5.74) is 0. The van der Waals surface area contributed by atoms with Gasteiger partial charge in [-0.15, -0.1) is 11.3 Å². The molecule has 2 heterocycles. The lowest BCUT2D eigenvalue weighted by Crippen LogP contribution is -2.40. The fourth-order valence-corrected chi connectivity index (χ4v) is 3.23. The fraction of sp³-hybridized carbons (Fsp3) is 0.600. The predicted molar refractivity (Wildman–Crippen MR) is 77.4 cm³/mol. The Morgan fingerprint density at radius 1 is 1.37 bits per heavy atom. The van der Waals surface area contributed by atoms with E-state index in [1.165, 1.54) is 11.3 Å². The Bertz CT molecular complexity index is 431. The quantitative estimate of drug-likeness (QED) is 0.794. The highest BCUT2D eigenvalue weighted by Gasteiger charge is 2.28. The summed E-state index contributed by atoms with van der Waals surface area (Å²) < 4.78 is 0. The molecule has 1 aliphatic heterocycles. The monoisotopic (exact) mass is 279 g/mol. The number of amides is 1. The Morgan fingerprint density at radius 3 is 2.58 bits per heavy atom. The molecule has 1 aromatic heterocycles. The number of hydrogen-bond acceptors (Lipinski definition) is 3. The van der Waals surface area contributed by atoms with Crippen LogP contribution in [0.2, 0.25) is 0 Å². The Kier molecular flexibility index (Phi) is 4.75. The lowest BCUT2D eigenvalue weighted by molar-refractivity contribution is -0.133. The van der Waals surface area contributed by atoms with Crippen molar-refractivity contribution in [3.63, 3.8) is 0 Å². The SMILES string of the molecule is CC(C)CC(=O)N1CCC(C(=O)c2cccs2)CC1. The molecule has 0 bridgehead atoms. The number of ketones is 1. The third kappa shape index (κ3) is 3.66. The molecule has 19 heavy (non-hydrogen) atoms. The molecule has 0 aromatic carbocycles. The molecule has 0 N–H and O–H groups in total. The van der Waals surface area contributed by atoms with Gasteiger partial charge in [-0.05, 0) is 30.2 Å². The first-order valence-corrected chi connectivity index (χ1v) is 7.81. The number of likely N-dealkylation sites (tertiary alicyclic amines) is 1. The zero-order valence-corrected chi connectivity index (χ0v) is 12.4. The zero-order valence-electron chi connectivity index (χ0n) is 11.6. The van der Waals surface area contributed by atoms with Crippen LogP contribution in [0.1, 0.15) is 42.8 Å². The van der Waals surface area contributed by atoms with Crippen LogP contribution >= 0.6 is 11.3 Å². The standard InChI is InChI=1S/C15H21NO2S/c1-11(2)10-14(17)16-7-5-12(6-8-16)15(18)13-4-3-9-19-13/h3-4,9,11-12H,5-8,10H2,1-2H3. The molecule has 1 amide bonds. The first kappa shape index (κ1) is 14.3. The summed E-state index contributed by atoms with van der Waals surface area (Å²) in [6.07, 6.45) is 2.23. The Balaban J connectivity index is 1.86. The molecule has 1 aliphatic rings. The Hall–Kier alpha value is -1.16. The van der Waals surface area contributed by atoms with Gasteiger partial charge in [0, 0.05) is 25.4 Å². The van der Waals surface area contributed by atoms with Gasteiger partial charge in [-0.25, -0.2) is 0 Å². The highest BCUT2D eigenvalue weighted by molar-refractivity contribution is 7.12. The highest BCUT2D eigenvalue weighted by atomic mass is 32.1. The van der Waals surface area contributed by atoms with Crippen LogP contribution in [-0.4, -0.2) is 29.7 Å².